The van der Waals surface area contributed by atoms with Crippen LogP contribution in [0.4, 0.5) is 0 Å². The Kier molecular flexibility index (Phi) is 6.87. The van der Waals surface area contributed by atoms with E-state index in [4.69, 9.17) is 20.6 Å². The maximum absolute atomic E-state index is 7.04. The summed E-state index contributed by atoms with van der Waals surface area (Å²) in [6, 6.07) is 21.3. The lowest BCUT2D eigenvalue weighted by Crippen LogP contribution is -2.53. The molecule has 7 rings (SSSR count). The van der Waals surface area contributed by atoms with Gasteiger partial charge in [0.2, 0.25) is 5.70 Å². The fourth-order valence-corrected chi connectivity index (χ4v) is 6.17. The van der Waals surface area contributed by atoms with E-state index in [9.17, 15) is 0 Å². The third kappa shape index (κ3) is 4.82. The van der Waals surface area contributed by atoms with Crippen LogP contribution in [0.1, 0.15) is 24.8 Å². The van der Waals surface area contributed by atoms with Gasteiger partial charge in [-0.1, -0.05) is 42.5 Å². The predicted octanol–water partition coefficient (Wildman–Crippen LogP) is 4.21. The fourth-order valence-electron chi connectivity index (χ4n) is 6.17. The van der Waals surface area contributed by atoms with E-state index in [1.165, 1.54) is 6.42 Å². The summed E-state index contributed by atoms with van der Waals surface area (Å²) in [5.41, 5.74) is 6.02. The van der Waals surface area contributed by atoms with Crippen LogP contribution in [-0.2, 0) is 4.74 Å². The number of amidine groups is 1. The highest BCUT2D eigenvalue weighted by Gasteiger charge is 2.48. The minimum absolute atomic E-state index is 0.0524. The summed E-state index contributed by atoms with van der Waals surface area (Å²) in [6.45, 7) is 6.02. The molecule has 0 amide bonds. The summed E-state index contributed by atoms with van der Waals surface area (Å²) < 4.78 is 5.51. The van der Waals surface area contributed by atoms with Gasteiger partial charge in [0.05, 0.1) is 42.4 Å². The van der Waals surface area contributed by atoms with Crippen molar-refractivity contribution in [3.05, 3.63) is 90.0 Å². The molecule has 3 aliphatic heterocycles. The second-order valence-electron chi connectivity index (χ2n) is 11.2. The van der Waals surface area contributed by atoms with Crippen molar-refractivity contribution in [1.82, 2.24) is 15.2 Å². The smallest absolute Gasteiger partial charge is 0.264 e. The maximum Gasteiger partial charge on any atom is 0.264 e. The van der Waals surface area contributed by atoms with Crippen molar-refractivity contribution in [3.63, 3.8) is 0 Å². The zero-order chi connectivity index (χ0) is 26.9. The molecule has 1 aromatic heterocycles. The number of rotatable bonds is 8. The van der Waals surface area contributed by atoms with Gasteiger partial charge in [-0.25, -0.2) is 4.98 Å². The quantitative estimate of drug-likeness (QED) is 0.257. The molecule has 4 heterocycles. The molecule has 1 saturated carbocycles. The molecule has 8 heteroatoms. The number of nitrogens with zero attached hydrogens (tertiary/aromatic N) is 5. The Labute approximate surface area is 235 Å². The van der Waals surface area contributed by atoms with Crippen LogP contribution in [0.2, 0.25) is 0 Å². The topological polar surface area (TPSA) is 88.1 Å². The van der Waals surface area contributed by atoms with Crippen molar-refractivity contribution in [2.75, 3.05) is 39.4 Å². The molecule has 1 atom stereocenters. The molecule has 2 fully saturated rings. The van der Waals surface area contributed by atoms with Crippen molar-refractivity contribution in [2.45, 2.75) is 25.3 Å². The van der Waals surface area contributed by atoms with Crippen LogP contribution in [0, 0.1) is 5.92 Å². The summed E-state index contributed by atoms with van der Waals surface area (Å²) in [5, 5.41) is 4.85. The average Bonchev–Trinajstić information content (AvgIpc) is 3.29. The van der Waals surface area contributed by atoms with Crippen molar-refractivity contribution in [1.29, 1.82) is 0 Å². The molecule has 1 unspecified atom stereocenters. The van der Waals surface area contributed by atoms with Crippen molar-refractivity contribution in [2.24, 2.45) is 21.7 Å². The highest BCUT2D eigenvalue weighted by Crippen LogP contribution is 2.42. The number of nitrogens with two attached hydrogens (primary N) is 1. The normalized spacial score (nSPS) is 26.2. The number of aromatic nitrogens is 1. The molecule has 3 aromatic rings. The van der Waals surface area contributed by atoms with Gasteiger partial charge in [-0.05, 0) is 50.6 Å². The number of nitrogens with one attached hydrogen (secondary N) is 1. The fraction of sp³-hybridized carbons (Fsp3) is 0.344. The monoisotopic (exact) mass is 534 g/mol. The molecular weight excluding hydrogens is 498 g/mol. The molecule has 204 valence electrons. The third-order valence-corrected chi connectivity index (χ3v) is 8.56. The van der Waals surface area contributed by atoms with Gasteiger partial charge in [0.1, 0.15) is 11.9 Å². The van der Waals surface area contributed by atoms with E-state index in [1.54, 1.807) is 6.20 Å². The Morgan fingerprint density at radius 3 is 2.67 bits per heavy atom. The first kappa shape index (κ1) is 25.4. The van der Waals surface area contributed by atoms with E-state index in [0.717, 1.165) is 97.2 Å². The molecule has 8 nitrogen and oxygen atoms in total. The number of ether oxygens (including phenoxy) is 1. The van der Waals surface area contributed by atoms with Gasteiger partial charge in [0.15, 0.2) is 0 Å². The molecule has 2 aromatic carbocycles. The SMILES string of the molecule is N[N+]12C=CN=CC1=C(C1CC(NCCCN3CCOCC3)C1)N=C2c1ccc2ccc(-c3ccccc3)nc2c1. The van der Waals surface area contributed by atoms with Gasteiger partial charge in [-0.3, -0.25) is 9.89 Å². The van der Waals surface area contributed by atoms with Crippen molar-refractivity contribution in [3.8, 4) is 11.3 Å². The number of fused-ring (bicyclic) bond motifs is 2. The van der Waals surface area contributed by atoms with Crippen LogP contribution in [0.25, 0.3) is 22.2 Å². The van der Waals surface area contributed by atoms with E-state index in [1.807, 2.05) is 30.6 Å². The molecule has 0 spiro atoms. The summed E-state index contributed by atoms with van der Waals surface area (Å²) >= 11 is 0. The number of benzene rings is 2. The van der Waals surface area contributed by atoms with E-state index in [-0.39, 0.29) is 4.59 Å². The first-order valence-corrected chi connectivity index (χ1v) is 14.4. The van der Waals surface area contributed by atoms with E-state index in [0.29, 0.717) is 12.0 Å². The van der Waals surface area contributed by atoms with Crippen molar-refractivity contribution < 1.29 is 9.33 Å². The summed E-state index contributed by atoms with van der Waals surface area (Å²) in [4.78, 5) is 17.1. The Bertz CT molecular complexity index is 1520. The Balaban J connectivity index is 1.07. The third-order valence-electron chi connectivity index (χ3n) is 8.56. The van der Waals surface area contributed by atoms with Gasteiger partial charge in [0.25, 0.3) is 5.84 Å². The lowest BCUT2D eigenvalue weighted by atomic mass is 9.77. The Morgan fingerprint density at radius 1 is 1.00 bits per heavy atom. The molecule has 0 bridgehead atoms. The zero-order valence-corrected chi connectivity index (χ0v) is 22.7. The number of aliphatic imine (C=N–C) groups is 2. The minimum atomic E-state index is 0.0524. The lowest BCUT2D eigenvalue weighted by Gasteiger charge is -2.36. The number of allylic oxidation sites excluding steroid dienone is 2. The maximum atomic E-state index is 7.04. The van der Waals surface area contributed by atoms with Crippen LogP contribution in [0.3, 0.4) is 0 Å². The highest BCUT2D eigenvalue weighted by molar-refractivity contribution is 6.02. The molecule has 0 radical (unpaired) electrons. The van der Waals surface area contributed by atoms with Gasteiger partial charge in [0, 0.05) is 36.0 Å². The first-order chi connectivity index (χ1) is 19.7. The standard InChI is InChI=1S/C32H36N7O/c33-39-16-12-34-22-30(39)31(26-19-27(20-26)35-11-4-13-38-14-17-40-18-15-38)37-32(39)25-8-7-24-9-10-28(36-29(24)21-25)23-5-2-1-3-6-23/h1-3,5-10,12,16,21-22,26-27,35H,4,11,13-15,17-20,33H2/q+1. The van der Waals surface area contributed by atoms with Crippen LogP contribution in [0.15, 0.2) is 94.4 Å². The lowest BCUT2D eigenvalue weighted by molar-refractivity contribution is -0.750. The van der Waals surface area contributed by atoms with E-state index >= 15 is 0 Å². The van der Waals surface area contributed by atoms with Crippen LogP contribution in [0.5, 0.6) is 0 Å². The highest BCUT2D eigenvalue weighted by atomic mass is 16.5. The second-order valence-corrected chi connectivity index (χ2v) is 11.2. The average molecular weight is 535 g/mol. The van der Waals surface area contributed by atoms with Gasteiger partial charge < -0.3 is 10.1 Å². The number of hydrogen-bond donors (Lipinski definition) is 2. The molecule has 1 aliphatic carbocycles. The van der Waals surface area contributed by atoms with Gasteiger partial charge in [-0.2, -0.15) is 10.8 Å². The number of pyridine rings is 1. The zero-order valence-electron chi connectivity index (χ0n) is 22.7. The Morgan fingerprint density at radius 2 is 1.82 bits per heavy atom. The largest absolute Gasteiger partial charge is 0.379 e. The van der Waals surface area contributed by atoms with E-state index < -0.39 is 0 Å². The van der Waals surface area contributed by atoms with Crippen LogP contribution >= 0.6 is 0 Å². The summed E-state index contributed by atoms with van der Waals surface area (Å²) in [5.74, 6) is 8.24. The van der Waals surface area contributed by atoms with Gasteiger partial charge in [-0.15, -0.1) is 4.59 Å². The molecule has 1 saturated heterocycles. The number of quaternary nitrogens is 1. The molecule has 3 N–H and O–H groups in total. The number of hydrogen-bond acceptors (Lipinski definition) is 7. The first-order valence-electron chi connectivity index (χ1n) is 14.4. The molecular formula is C32H36N7O+. The van der Waals surface area contributed by atoms with Gasteiger partial charge >= 0.3 is 0 Å². The van der Waals surface area contributed by atoms with Crippen molar-refractivity contribution >= 4 is 23.0 Å². The van der Waals surface area contributed by atoms with E-state index in [2.05, 4.69) is 57.7 Å². The van der Waals surface area contributed by atoms with Crippen LogP contribution < -0.4 is 11.2 Å². The Hall–Kier alpha value is -3.53. The van der Waals surface area contributed by atoms with Crippen LogP contribution in [-0.4, -0.2) is 72.0 Å². The minimum Gasteiger partial charge on any atom is -0.379 e. The summed E-state index contributed by atoms with van der Waals surface area (Å²) in [7, 11) is 0. The number of morpholine rings is 1. The predicted molar refractivity (Wildman–Crippen MR) is 159 cm³/mol. The second kappa shape index (κ2) is 10.8. The molecule has 40 heavy (non-hydrogen) atoms. The summed E-state index contributed by atoms with van der Waals surface area (Å²) in [6.07, 6.45) is 8.91. The molecule has 4 aliphatic rings.